The average Bonchev–Trinajstić information content (AvgIpc) is 1.81. The van der Waals surface area contributed by atoms with E-state index in [2.05, 4.69) is 23.3 Å². The Bertz CT molecular complexity index is 35.4. The number of hydrogen-bond donors (Lipinski definition) is 3. The molecule has 0 radical (unpaired) electrons. The van der Waals surface area contributed by atoms with Gasteiger partial charge in [0.1, 0.15) is 0 Å². The highest BCUT2D eigenvalue weighted by molar-refractivity contribution is 7.80. The van der Waals surface area contributed by atoms with Crippen molar-refractivity contribution in [2.45, 2.75) is 6.42 Å². The van der Waals surface area contributed by atoms with Gasteiger partial charge in [-0.25, -0.2) is 0 Å². The van der Waals surface area contributed by atoms with Crippen molar-refractivity contribution in [1.82, 2.24) is 10.6 Å². The van der Waals surface area contributed by atoms with Crippen molar-refractivity contribution >= 4 is 12.6 Å². The summed E-state index contributed by atoms with van der Waals surface area (Å²) in [6, 6.07) is 0. The lowest BCUT2D eigenvalue weighted by Gasteiger charge is -1.98. The smallest absolute Gasteiger partial charge is 0.0387 e. The summed E-state index contributed by atoms with van der Waals surface area (Å²) in [5.74, 6) is 0.781. The monoisotopic (exact) mass is 134 g/mol. The van der Waals surface area contributed by atoms with Crippen LogP contribution in [0.1, 0.15) is 6.42 Å². The Kier molecular flexibility index (Phi) is 7.52. The first-order valence-electron chi connectivity index (χ1n) is 2.88. The molecule has 0 spiro atoms. The first kappa shape index (κ1) is 8.27. The molecule has 0 aromatic heterocycles. The highest BCUT2D eigenvalue weighted by Crippen LogP contribution is 1.71. The van der Waals surface area contributed by atoms with Gasteiger partial charge in [0.05, 0.1) is 0 Å². The fourth-order valence-electron chi connectivity index (χ4n) is 0.469. The van der Waals surface area contributed by atoms with Gasteiger partial charge < -0.3 is 10.6 Å². The molecule has 0 fully saturated rings. The van der Waals surface area contributed by atoms with Crippen LogP contribution < -0.4 is 10.6 Å². The summed E-state index contributed by atoms with van der Waals surface area (Å²) in [5.41, 5.74) is 0. The highest BCUT2D eigenvalue weighted by Gasteiger charge is 1.80. The maximum absolute atomic E-state index is 3.99. The van der Waals surface area contributed by atoms with Crippen molar-refractivity contribution in [1.29, 1.82) is 0 Å². The zero-order chi connectivity index (χ0) is 6.24. The largest absolute Gasteiger partial charge is 0.320 e. The Morgan fingerprint density at radius 2 is 2.12 bits per heavy atom. The van der Waals surface area contributed by atoms with E-state index >= 15 is 0 Å². The third-order valence-corrected chi connectivity index (χ3v) is 1.12. The van der Waals surface area contributed by atoms with Gasteiger partial charge in [-0.2, -0.15) is 12.6 Å². The predicted octanol–water partition coefficient (Wildman–Crippen LogP) is 0.0728. The molecule has 0 aliphatic carbocycles. The predicted molar refractivity (Wildman–Crippen MR) is 40.4 cm³/mol. The van der Waals surface area contributed by atoms with Gasteiger partial charge in [-0.1, -0.05) is 0 Å². The summed E-state index contributed by atoms with van der Waals surface area (Å²) in [6.07, 6.45) is 1.18. The van der Waals surface area contributed by atoms with Gasteiger partial charge >= 0.3 is 0 Å². The number of nitrogens with one attached hydrogen (secondary N) is 2. The summed E-state index contributed by atoms with van der Waals surface area (Å²) < 4.78 is 0. The van der Waals surface area contributed by atoms with Crippen molar-refractivity contribution in [3.8, 4) is 0 Å². The molecule has 0 rings (SSSR count). The van der Waals surface area contributed by atoms with Crippen LogP contribution in [0.25, 0.3) is 0 Å². The molecule has 0 bridgehead atoms. The third-order valence-electron chi connectivity index (χ3n) is 0.892. The minimum atomic E-state index is 0.781. The second kappa shape index (κ2) is 7.27. The zero-order valence-electron chi connectivity index (χ0n) is 5.28. The van der Waals surface area contributed by atoms with Crippen LogP contribution in [-0.4, -0.2) is 26.0 Å². The normalized spacial score (nSPS) is 9.75. The summed E-state index contributed by atoms with van der Waals surface area (Å²) in [7, 11) is 1.96. The van der Waals surface area contributed by atoms with E-state index in [0.29, 0.717) is 0 Å². The van der Waals surface area contributed by atoms with E-state index in [4.69, 9.17) is 0 Å². The van der Waals surface area contributed by atoms with Crippen LogP contribution in [-0.2, 0) is 0 Å². The summed E-state index contributed by atoms with van der Waals surface area (Å²) in [4.78, 5) is 0. The second-order valence-corrected chi connectivity index (χ2v) is 1.93. The lowest BCUT2D eigenvalue weighted by Crippen LogP contribution is -2.18. The molecule has 3 heteroatoms. The lowest BCUT2D eigenvalue weighted by atomic mass is 10.4. The molecule has 0 atom stereocenters. The summed E-state index contributed by atoms with van der Waals surface area (Å²) in [5, 5.41) is 6.17. The van der Waals surface area contributed by atoms with Crippen LogP contribution in [0.2, 0.25) is 0 Å². The molecule has 0 aliphatic rings. The molecule has 0 saturated carbocycles. The highest BCUT2D eigenvalue weighted by atomic mass is 32.1. The molecule has 0 aromatic carbocycles. The average molecular weight is 134 g/mol. The lowest BCUT2D eigenvalue weighted by molar-refractivity contribution is 0.670. The van der Waals surface area contributed by atoms with Crippen molar-refractivity contribution < 1.29 is 0 Å². The van der Waals surface area contributed by atoms with Gasteiger partial charge in [0.2, 0.25) is 0 Å². The van der Waals surface area contributed by atoms with Crippen molar-refractivity contribution in [2.75, 3.05) is 26.0 Å². The molecule has 0 saturated heterocycles. The Balaban J connectivity index is 2.53. The molecule has 0 unspecified atom stereocenters. The topological polar surface area (TPSA) is 24.1 Å². The summed E-state index contributed by atoms with van der Waals surface area (Å²) >= 11 is 3.99. The van der Waals surface area contributed by atoms with Gasteiger partial charge in [0, 0.05) is 5.88 Å². The van der Waals surface area contributed by atoms with Crippen LogP contribution >= 0.6 is 12.6 Å². The molecule has 8 heavy (non-hydrogen) atoms. The van der Waals surface area contributed by atoms with Crippen LogP contribution in [0.3, 0.4) is 0 Å². The standard InChI is InChI=1S/C5H14N2S/c1-6-3-2-4-7-5-8/h6-8H,2-5H2,1H3. The summed E-state index contributed by atoms with van der Waals surface area (Å²) in [6.45, 7) is 2.14. The number of thiol groups is 1. The van der Waals surface area contributed by atoms with E-state index in [1.807, 2.05) is 7.05 Å². The van der Waals surface area contributed by atoms with Crippen molar-refractivity contribution in [3.05, 3.63) is 0 Å². The van der Waals surface area contributed by atoms with E-state index in [0.717, 1.165) is 19.0 Å². The fraction of sp³-hybridized carbons (Fsp3) is 1.00. The van der Waals surface area contributed by atoms with Gasteiger partial charge in [-0.05, 0) is 26.6 Å². The molecule has 50 valence electrons. The van der Waals surface area contributed by atoms with Crippen molar-refractivity contribution in [2.24, 2.45) is 0 Å². The van der Waals surface area contributed by atoms with E-state index in [1.165, 1.54) is 6.42 Å². The van der Waals surface area contributed by atoms with Crippen LogP contribution in [0, 0.1) is 0 Å². The van der Waals surface area contributed by atoms with Crippen LogP contribution in [0.15, 0.2) is 0 Å². The minimum absolute atomic E-state index is 0.781. The zero-order valence-corrected chi connectivity index (χ0v) is 6.17. The van der Waals surface area contributed by atoms with E-state index in [9.17, 15) is 0 Å². The van der Waals surface area contributed by atoms with Gasteiger partial charge in [-0.15, -0.1) is 0 Å². The fourth-order valence-corrected chi connectivity index (χ4v) is 0.627. The van der Waals surface area contributed by atoms with Crippen molar-refractivity contribution in [3.63, 3.8) is 0 Å². The first-order valence-corrected chi connectivity index (χ1v) is 3.51. The molecular weight excluding hydrogens is 120 g/mol. The number of hydrogen-bond acceptors (Lipinski definition) is 3. The first-order chi connectivity index (χ1) is 3.91. The maximum atomic E-state index is 3.99. The minimum Gasteiger partial charge on any atom is -0.320 e. The molecule has 0 amide bonds. The van der Waals surface area contributed by atoms with E-state index in [-0.39, 0.29) is 0 Å². The maximum Gasteiger partial charge on any atom is 0.0387 e. The van der Waals surface area contributed by atoms with Crippen LogP contribution in [0.4, 0.5) is 0 Å². The molecule has 0 aromatic rings. The Morgan fingerprint density at radius 1 is 1.38 bits per heavy atom. The van der Waals surface area contributed by atoms with Gasteiger partial charge in [-0.3, -0.25) is 0 Å². The van der Waals surface area contributed by atoms with Gasteiger partial charge in [0.15, 0.2) is 0 Å². The molecule has 0 heterocycles. The molecule has 2 N–H and O–H groups in total. The molecular formula is C5H14N2S. The Hall–Kier alpha value is 0.270. The Labute approximate surface area is 56.5 Å². The molecule has 0 aliphatic heterocycles. The quantitative estimate of drug-likeness (QED) is 0.282. The van der Waals surface area contributed by atoms with Crippen LogP contribution in [0.5, 0.6) is 0 Å². The third kappa shape index (κ3) is 6.27. The number of rotatable bonds is 5. The Morgan fingerprint density at radius 3 is 2.62 bits per heavy atom. The van der Waals surface area contributed by atoms with E-state index < -0.39 is 0 Å². The van der Waals surface area contributed by atoms with E-state index in [1.54, 1.807) is 0 Å². The molecule has 2 nitrogen and oxygen atoms in total. The second-order valence-electron chi connectivity index (χ2n) is 1.62. The SMILES string of the molecule is CNCCCNCS. The van der Waals surface area contributed by atoms with Gasteiger partial charge in [0.25, 0.3) is 0 Å².